The molecule has 0 heterocycles. The Morgan fingerprint density at radius 2 is 1.90 bits per heavy atom. The molecule has 0 atom stereocenters. The summed E-state index contributed by atoms with van der Waals surface area (Å²) in [7, 11) is -4.11. The lowest BCUT2D eigenvalue weighted by Gasteiger charge is -2.28. The van der Waals surface area contributed by atoms with Crippen molar-refractivity contribution in [2.75, 3.05) is 6.54 Å². The van der Waals surface area contributed by atoms with Crippen molar-refractivity contribution in [1.82, 2.24) is 4.72 Å². The van der Waals surface area contributed by atoms with Crippen molar-refractivity contribution < 1.29 is 17.2 Å². The average Bonchev–Trinajstić information content (AvgIpc) is 2.75. The molecule has 4 nitrogen and oxygen atoms in total. The Kier molecular flexibility index (Phi) is 4.48. The van der Waals surface area contributed by atoms with E-state index >= 15 is 0 Å². The van der Waals surface area contributed by atoms with Gasteiger partial charge in [0, 0.05) is 22.6 Å². The van der Waals surface area contributed by atoms with Gasteiger partial charge in [0.15, 0.2) is 0 Å². The van der Waals surface area contributed by atoms with Crippen molar-refractivity contribution in [2.45, 2.75) is 36.1 Å². The van der Waals surface area contributed by atoms with E-state index in [0.29, 0.717) is 18.9 Å². The number of hydrogen-bond donors (Lipinski definition) is 2. The number of benzene rings is 1. The van der Waals surface area contributed by atoms with Crippen LogP contribution >= 0.6 is 15.9 Å². The van der Waals surface area contributed by atoms with Crippen LogP contribution in [0.25, 0.3) is 0 Å². The van der Waals surface area contributed by atoms with E-state index in [2.05, 4.69) is 20.7 Å². The van der Waals surface area contributed by atoms with Crippen LogP contribution in [0.4, 0.5) is 8.78 Å². The van der Waals surface area contributed by atoms with Crippen LogP contribution in [0.5, 0.6) is 0 Å². The Hall–Kier alpha value is -0.570. The number of nitrogens with two attached hydrogens (primary N) is 1. The molecule has 20 heavy (non-hydrogen) atoms. The average molecular weight is 369 g/mol. The van der Waals surface area contributed by atoms with Crippen LogP contribution in [0.3, 0.4) is 0 Å². The fourth-order valence-corrected chi connectivity index (χ4v) is 5.16. The first-order chi connectivity index (χ1) is 9.30. The summed E-state index contributed by atoms with van der Waals surface area (Å²) in [6.45, 7) is 0.145. The fraction of sp³-hybridized carbons (Fsp3) is 0.500. The van der Waals surface area contributed by atoms with Crippen molar-refractivity contribution in [3.05, 3.63) is 28.2 Å². The van der Waals surface area contributed by atoms with Crippen molar-refractivity contribution in [1.29, 1.82) is 0 Å². The van der Waals surface area contributed by atoms with E-state index in [9.17, 15) is 17.2 Å². The molecule has 1 fully saturated rings. The summed E-state index contributed by atoms with van der Waals surface area (Å²) in [5.74, 6) is -1.97. The van der Waals surface area contributed by atoms with E-state index in [1.807, 2.05) is 0 Å². The molecule has 112 valence electrons. The van der Waals surface area contributed by atoms with Gasteiger partial charge in [0.25, 0.3) is 0 Å². The molecule has 2 rings (SSSR count). The smallest absolute Gasteiger partial charge is 0.245 e. The Bertz CT molecular complexity index is 593. The molecular weight excluding hydrogens is 354 g/mol. The number of halogens is 3. The fourth-order valence-electron chi connectivity index (χ4n) is 2.52. The molecule has 1 aromatic rings. The Morgan fingerprint density at radius 3 is 2.40 bits per heavy atom. The predicted octanol–water partition coefficient (Wildman–Crippen LogP) is 2.28. The van der Waals surface area contributed by atoms with Crippen LogP contribution in [0, 0.1) is 11.6 Å². The van der Waals surface area contributed by atoms with Crippen molar-refractivity contribution in [3.8, 4) is 0 Å². The second kappa shape index (κ2) is 5.67. The number of sulfonamides is 1. The molecule has 1 saturated carbocycles. The zero-order valence-electron chi connectivity index (χ0n) is 10.6. The van der Waals surface area contributed by atoms with Crippen LogP contribution < -0.4 is 10.5 Å². The van der Waals surface area contributed by atoms with Gasteiger partial charge < -0.3 is 5.73 Å². The van der Waals surface area contributed by atoms with Crippen molar-refractivity contribution >= 4 is 26.0 Å². The van der Waals surface area contributed by atoms with Gasteiger partial charge in [-0.1, -0.05) is 12.8 Å². The summed E-state index contributed by atoms with van der Waals surface area (Å²) in [5, 5.41) is 0. The molecule has 0 unspecified atom stereocenters. The third-order valence-corrected chi connectivity index (χ3v) is 6.08. The van der Waals surface area contributed by atoms with Gasteiger partial charge in [-0.15, -0.1) is 0 Å². The van der Waals surface area contributed by atoms with E-state index in [-0.39, 0.29) is 11.0 Å². The summed E-state index contributed by atoms with van der Waals surface area (Å²) < 4.78 is 53.9. The lowest BCUT2D eigenvalue weighted by Crippen LogP contribution is -2.51. The molecule has 0 amide bonds. The van der Waals surface area contributed by atoms with Gasteiger partial charge in [0.05, 0.1) is 0 Å². The maximum absolute atomic E-state index is 13.8. The largest absolute Gasteiger partial charge is 0.329 e. The van der Waals surface area contributed by atoms with Crippen molar-refractivity contribution in [3.63, 3.8) is 0 Å². The van der Waals surface area contributed by atoms with E-state index in [4.69, 9.17) is 5.73 Å². The minimum atomic E-state index is -4.11. The molecule has 0 spiro atoms. The summed E-state index contributed by atoms with van der Waals surface area (Å²) in [6, 6.07) is 1.46. The second-order valence-electron chi connectivity index (χ2n) is 5.00. The minimum Gasteiger partial charge on any atom is -0.329 e. The third kappa shape index (κ3) is 3.03. The quantitative estimate of drug-likeness (QED) is 0.856. The van der Waals surface area contributed by atoms with Gasteiger partial charge in [-0.05, 0) is 34.8 Å². The highest BCUT2D eigenvalue weighted by Crippen LogP contribution is 2.32. The monoisotopic (exact) mass is 368 g/mol. The molecule has 0 bridgehead atoms. The summed E-state index contributed by atoms with van der Waals surface area (Å²) in [4.78, 5) is -0.585. The minimum absolute atomic E-state index is 0.145. The molecule has 0 saturated heterocycles. The van der Waals surface area contributed by atoms with Gasteiger partial charge in [0.1, 0.15) is 16.5 Å². The van der Waals surface area contributed by atoms with Crippen LogP contribution in [0.15, 0.2) is 21.5 Å². The molecule has 0 radical (unpaired) electrons. The van der Waals surface area contributed by atoms with Gasteiger partial charge in [0.2, 0.25) is 10.0 Å². The van der Waals surface area contributed by atoms with Crippen LogP contribution in [-0.4, -0.2) is 20.5 Å². The van der Waals surface area contributed by atoms with E-state index < -0.39 is 32.1 Å². The molecule has 3 N–H and O–H groups in total. The molecule has 0 aliphatic heterocycles. The first kappa shape index (κ1) is 15.8. The van der Waals surface area contributed by atoms with E-state index in [0.717, 1.165) is 18.9 Å². The summed E-state index contributed by atoms with van der Waals surface area (Å²) in [6.07, 6.45) is 2.96. The highest BCUT2D eigenvalue weighted by molar-refractivity contribution is 9.10. The molecule has 1 aromatic carbocycles. The van der Waals surface area contributed by atoms with Gasteiger partial charge >= 0.3 is 0 Å². The topological polar surface area (TPSA) is 72.2 Å². The molecule has 0 aromatic heterocycles. The Labute approximate surface area is 124 Å². The molecule has 1 aliphatic carbocycles. The van der Waals surface area contributed by atoms with Crippen LogP contribution in [-0.2, 0) is 10.0 Å². The summed E-state index contributed by atoms with van der Waals surface area (Å²) in [5.41, 5.74) is 4.92. The van der Waals surface area contributed by atoms with Gasteiger partial charge in [-0.25, -0.2) is 21.9 Å². The number of nitrogens with one attached hydrogen (secondary N) is 1. The second-order valence-corrected chi connectivity index (χ2v) is 7.47. The standard InChI is InChI=1S/C12H15BrF2N2O2S/c13-9-5-8(14)6-10(15)11(9)20(18,19)17-12(7-16)3-1-2-4-12/h5-6,17H,1-4,7,16H2. The maximum Gasteiger partial charge on any atom is 0.245 e. The Balaban J connectivity index is 2.41. The van der Waals surface area contributed by atoms with E-state index in [1.165, 1.54) is 0 Å². The summed E-state index contributed by atoms with van der Waals surface area (Å²) >= 11 is 2.89. The molecule has 8 heteroatoms. The third-order valence-electron chi connectivity index (χ3n) is 3.53. The van der Waals surface area contributed by atoms with Gasteiger partial charge in [-0.2, -0.15) is 0 Å². The number of hydrogen-bond acceptors (Lipinski definition) is 3. The molecule has 1 aliphatic rings. The lowest BCUT2D eigenvalue weighted by molar-refractivity contribution is 0.398. The maximum atomic E-state index is 13.8. The number of rotatable bonds is 4. The highest BCUT2D eigenvalue weighted by atomic mass is 79.9. The lowest BCUT2D eigenvalue weighted by atomic mass is 10.0. The first-order valence-corrected chi connectivity index (χ1v) is 8.46. The SMILES string of the molecule is NCC1(NS(=O)(=O)c2c(F)cc(F)cc2Br)CCCC1. The normalized spacial score (nSPS) is 18.4. The van der Waals surface area contributed by atoms with Crippen LogP contribution in [0.2, 0.25) is 0 Å². The Morgan fingerprint density at radius 1 is 1.30 bits per heavy atom. The van der Waals surface area contributed by atoms with Gasteiger partial charge in [-0.3, -0.25) is 0 Å². The van der Waals surface area contributed by atoms with Crippen molar-refractivity contribution in [2.24, 2.45) is 5.73 Å². The van der Waals surface area contributed by atoms with Crippen LogP contribution in [0.1, 0.15) is 25.7 Å². The first-order valence-electron chi connectivity index (χ1n) is 6.18. The van der Waals surface area contributed by atoms with E-state index in [1.54, 1.807) is 0 Å². The highest BCUT2D eigenvalue weighted by Gasteiger charge is 2.38. The predicted molar refractivity (Wildman–Crippen MR) is 74.6 cm³/mol. The molecular formula is C12H15BrF2N2O2S. The zero-order chi connectivity index (χ0) is 15.0. The zero-order valence-corrected chi connectivity index (χ0v) is 13.0.